The van der Waals surface area contributed by atoms with Crippen LogP contribution in [0.2, 0.25) is 0 Å². The van der Waals surface area contributed by atoms with Crippen LogP contribution in [0.25, 0.3) is 55.8 Å². The number of nitrogens with zero attached hydrogens (tertiary/aromatic N) is 4. The number of rotatable bonds is 3. The van der Waals surface area contributed by atoms with Crippen molar-refractivity contribution in [3.63, 3.8) is 0 Å². The normalized spacial score (nSPS) is 11.4. The molecule has 0 spiro atoms. The number of fused-ring (bicyclic) bond motifs is 2. The van der Waals surface area contributed by atoms with Crippen molar-refractivity contribution >= 4 is 22.1 Å². The molecule has 154 valence electrons. The van der Waals surface area contributed by atoms with E-state index in [1.165, 1.54) is 6.07 Å². The van der Waals surface area contributed by atoms with Crippen LogP contribution in [0.5, 0.6) is 0 Å². The second kappa shape index (κ2) is 7.09. The van der Waals surface area contributed by atoms with Gasteiger partial charge in [0, 0.05) is 29.5 Å². The molecule has 0 saturated carbocycles. The number of benzene rings is 1. The lowest BCUT2D eigenvalue weighted by molar-refractivity contribution is 0.627. The van der Waals surface area contributed by atoms with Crippen LogP contribution in [0.4, 0.5) is 4.39 Å². The SMILES string of the molecule is Cc1cc(F)cc(-c2ccnc3[nH]c(-c4n[nH]c5ccc(-c6cccnc6)nc45)cc23)c1. The van der Waals surface area contributed by atoms with E-state index in [0.29, 0.717) is 11.3 Å². The Hall–Kier alpha value is -4.39. The molecule has 0 aliphatic carbocycles. The Bertz CT molecular complexity index is 1580. The average Bonchev–Trinajstić information content (AvgIpc) is 3.42. The van der Waals surface area contributed by atoms with Crippen LogP contribution in [-0.4, -0.2) is 30.1 Å². The van der Waals surface area contributed by atoms with E-state index in [9.17, 15) is 4.39 Å². The van der Waals surface area contributed by atoms with Crippen molar-refractivity contribution in [1.82, 2.24) is 30.1 Å². The van der Waals surface area contributed by atoms with Gasteiger partial charge in [0.2, 0.25) is 0 Å². The van der Waals surface area contributed by atoms with Gasteiger partial charge >= 0.3 is 0 Å². The van der Waals surface area contributed by atoms with Gasteiger partial charge in [0.05, 0.1) is 16.9 Å². The number of aryl methyl sites for hydroxylation is 1. The smallest absolute Gasteiger partial charge is 0.138 e. The van der Waals surface area contributed by atoms with Crippen molar-refractivity contribution in [2.45, 2.75) is 6.92 Å². The molecule has 0 bridgehead atoms. The van der Waals surface area contributed by atoms with E-state index in [0.717, 1.165) is 50.1 Å². The van der Waals surface area contributed by atoms with Crippen LogP contribution in [0.15, 0.2) is 73.2 Å². The Labute approximate surface area is 182 Å². The van der Waals surface area contributed by atoms with E-state index in [1.807, 2.05) is 49.4 Å². The topological polar surface area (TPSA) is 83.1 Å². The molecule has 2 N–H and O–H groups in total. The molecule has 6 rings (SSSR count). The molecule has 0 fully saturated rings. The third-order valence-electron chi connectivity index (χ3n) is 5.51. The van der Waals surface area contributed by atoms with Crippen molar-refractivity contribution < 1.29 is 4.39 Å². The summed E-state index contributed by atoms with van der Waals surface area (Å²) >= 11 is 0. The lowest BCUT2D eigenvalue weighted by atomic mass is 10.0. The summed E-state index contributed by atoms with van der Waals surface area (Å²) in [5.74, 6) is -0.258. The Morgan fingerprint density at radius 2 is 1.88 bits per heavy atom. The van der Waals surface area contributed by atoms with E-state index < -0.39 is 0 Å². The van der Waals surface area contributed by atoms with Crippen molar-refractivity contribution in [2.24, 2.45) is 0 Å². The van der Waals surface area contributed by atoms with Crippen LogP contribution in [0.3, 0.4) is 0 Å². The molecular formula is C25H17FN6. The molecule has 0 saturated heterocycles. The summed E-state index contributed by atoms with van der Waals surface area (Å²) in [4.78, 5) is 16.8. The largest absolute Gasteiger partial charge is 0.338 e. The molecule has 5 heterocycles. The minimum atomic E-state index is -0.258. The van der Waals surface area contributed by atoms with Gasteiger partial charge in [0.15, 0.2) is 0 Å². The highest BCUT2D eigenvalue weighted by molar-refractivity contribution is 5.99. The van der Waals surface area contributed by atoms with Crippen LogP contribution < -0.4 is 0 Å². The molecule has 6 nitrogen and oxygen atoms in total. The monoisotopic (exact) mass is 420 g/mol. The van der Waals surface area contributed by atoms with Crippen molar-refractivity contribution in [3.8, 4) is 33.8 Å². The third kappa shape index (κ3) is 3.02. The number of hydrogen-bond donors (Lipinski definition) is 2. The lowest BCUT2D eigenvalue weighted by Gasteiger charge is -2.05. The maximum Gasteiger partial charge on any atom is 0.138 e. The van der Waals surface area contributed by atoms with Gasteiger partial charge in [-0.05, 0) is 72.1 Å². The predicted octanol–water partition coefficient (Wildman–Crippen LogP) is 5.68. The quantitative estimate of drug-likeness (QED) is 0.386. The molecule has 32 heavy (non-hydrogen) atoms. The molecule has 0 amide bonds. The summed E-state index contributed by atoms with van der Waals surface area (Å²) in [6.07, 6.45) is 5.24. The number of nitrogens with one attached hydrogen (secondary N) is 2. The molecule has 0 unspecified atom stereocenters. The first kappa shape index (κ1) is 18.4. The first-order chi connectivity index (χ1) is 15.7. The minimum Gasteiger partial charge on any atom is -0.338 e. The fraction of sp³-hybridized carbons (Fsp3) is 0.0400. The van der Waals surface area contributed by atoms with Crippen LogP contribution >= 0.6 is 0 Å². The molecule has 1 aromatic carbocycles. The fourth-order valence-electron chi connectivity index (χ4n) is 4.06. The van der Waals surface area contributed by atoms with E-state index >= 15 is 0 Å². The van der Waals surface area contributed by atoms with Crippen molar-refractivity contribution in [2.75, 3.05) is 0 Å². The molecule has 7 heteroatoms. The highest BCUT2D eigenvalue weighted by Gasteiger charge is 2.16. The number of pyridine rings is 3. The molecule has 0 atom stereocenters. The Morgan fingerprint density at radius 1 is 0.938 bits per heavy atom. The molecule has 0 aliphatic heterocycles. The zero-order valence-corrected chi connectivity index (χ0v) is 17.1. The number of halogens is 1. The zero-order chi connectivity index (χ0) is 21.7. The van der Waals surface area contributed by atoms with Gasteiger partial charge in [-0.3, -0.25) is 10.1 Å². The molecule has 0 aliphatic rings. The standard InChI is InChI=1S/C25H17FN6/c1-14-9-16(11-17(26)10-14)18-6-8-28-25-19(18)12-22(30-25)24-23-21(31-32-24)5-4-20(29-23)15-3-2-7-27-13-15/h2-13H,1H3,(H,28,30)(H,31,32). The van der Waals surface area contributed by atoms with Gasteiger partial charge in [0.25, 0.3) is 0 Å². The summed E-state index contributed by atoms with van der Waals surface area (Å²) < 4.78 is 14.0. The van der Waals surface area contributed by atoms with Crippen molar-refractivity contribution in [3.05, 3.63) is 84.6 Å². The Kier molecular flexibility index (Phi) is 4.07. The predicted molar refractivity (Wildman–Crippen MR) is 122 cm³/mol. The van der Waals surface area contributed by atoms with Gasteiger partial charge < -0.3 is 4.98 Å². The summed E-state index contributed by atoms with van der Waals surface area (Å²) in [6.45, 7) is 1.88. The highest BCUT2D eigenvalue weighted by Crippen LogP contribution is 2.33. The Morgan fingerprint density at radius 3 is 2.72 bits per heavy atom. The van der Waals surface area contributed by atoms with E-state index in [4.69, 9.17) is 4.98 Å². The number of hydrogen-bond acceptors (Lipinski definition) is 4. The summed E-state index contributed by atoms with van der Waals surface area (Å²) in [5, 5.41) is 8.45. The van der Waals surface area contributed by atoms with Crippen LogP contribution in [0, 0.1) is 12.7 Å². The van der Waals surface area contributed by atoms with Gasteiger partial charge in [-0.2, -0.15) is 5.10 Å². The Balaban J connectivity index is 1.52. The number of aromatic nitrogens is 6. The van der Waals surface area contributed by atoms with Gasteiger partial charge in [-0.1, -0.05) is 6.07 Å². The van der Waals surface area contributed by atoms with E-state index in [2.05, 4.69) is 25.1 Å². The summed E-state index contributed by atoms with van der Waals surface area (Å²) in [5.41, 5.74) is 8.11. The van der Waals surface area contributed by atoms with Crippen LogP contribution in [-0.2, 0) is 0 Å². The second-order valence-corrected chi connectivity index (χ2v) is 7.73. The second-order valence-electron chi connectivity index (χ2n) is 7.73. The maximum atomic E-state index is 14.0. The summed E-state index contributed by atoms with van der Waals surface area (Å²) in [7, 11) is 0. The molecule has 0 radical (unpaired) electrons. The third-order valence-corrected chi connectivity index (χ3v) is 5.51. The first-order valence-corrected chi connectivity index (χ1v) is 10.2. The van der Waals surface area contributed by atoms with Gasteiger partial charge in [-0.15, -0.1) is 0 Å². The molecule has 5 aromatic heterocycles. The lowest BCUT2D eigenvalue weighted by Crippen LogP contribution is -1.86. The van der Waals surface area contributed by atoms with Crippen LogP contribution in [0.1, 0.15) is 5.56 Å². The maximum absolute atomic E-state index is 14.0. The molecular weight excluding hydrogens is 403 g/mol. The molecule has 6 aromatic rings. The van der Waals surface area contributed by atoms with Gasteiger partial charge in [0.1, 0.15) is 22.7 Å². The first-order valence-electron chi connectivity index (χ1n) is 10.2. The number of H-pyrrole nitrogens is 2. The van der Waals surface area contributed by atoms with E-state index in [1.54, 1.807) is 24.7 Å². The summed E-state index contributed by atoms with van der Waals surface area (Å²) in [6, 6.07) is 16.7. The number of aromatic amines is 2. The average molecular weight is 420 g/mol. The highest BCUT2D eigenvalue weighted by atomic mass is 19.1. The zero-order valence-electron chi connectivity index (χ0n) is 17.1. The minimum absolute atomic E-state index is 0.258. The van der Waals surface area contributed by atoms with E-state index in [-0.39, 0.29) is 5.82 Å². The fourth-order valence-corrected chi connectivity index (χ4v) is 4.06. The van der Waals surface area contributed by atoms with Gasteiger partial charge in [-0.25, -0.2) is 14.4 Å². The van der Waals surface area contributed by atoms with Crippen molar-refractivity contribution in [1.29, 1.82) is 0 Å².